The minimum absolute atomic E-state index is 0.130. The highest BCUT2D eigenvalue weighted by Crippen LogP contribution is 2.20. The van der Waals surface area contributed by atoms with E-state index in [9.17, 15) is 13.6 Å². The molecule has 0 unspecified atom stereocenters. The fraction of sp³-hybridized carbons (Fsp3) is 0.400. The molecule has 1 aliphatic heterocycles. The number of nitrogens with two attached hydrogens (primary N) is 1. The number of allylic oxidation sites excluding steroid dienone is 1. The Bertz CT molecular complexity index is 246. The maximum Gasteiger partial charge on any atom is 0.282 e. The van der Waals surface area contributed by atoms with Gasteiger partial charge in [-0.3, -0.25) is 4.79 Å². The molecule has 0 spiro atoms. The van der Waals surface area contributed by atoms with Gasteiger partial charge in [0.25, 0.3) is 6.43 Å². The number of primary amides is 1. The number of hydrogen-bond donors (Lipinski definition) is 1. The van der Waals surface area contributed by atoms with Gasteiger partial charge in [0.1, 0.15) is 5.70 Å². The summed E-state index contributed by atoms with van der Waals surface area (Å²) in [5.74, 6) is -0.884. The van der Waals surface area contributed by atoms with Gasteiger partial charge in [0.15, 0.2) is 0 Å². The molecular formula is C5H5F2N3O. The van der Waals surface area contributed by atoms with Crippen LogP contribution in [0.2, 0.25) is 0 Å². The van der Waals surface area contributed by atoms with Gasteiger partial charge >= 0.3 is 0 Å². The number of alkyl halides is 2. The van der Waals surface area contributed by atoms with E-state index in [1.807, 2.05) is 0 Å². The van der Waals surface area contributed by atoms with E-state index in [0.29, 0.717) is 0 Å². The van der Waals surface area contributed by atoms with Crippen LogP contribution in [0.25, 0.3) is 0 Å². The Kier molecular flexibility index (Phi) is 1.93. The Balaban J connectivity index is 2.93. The standard InChI is InChI=1S/C5H5F2N3O/c6-4(7)3-2(5(8)11)1-9-10-3/h4H,1H2,(H2,8,11). The summed E-state index contributed by atoms with van der Waals surface area (Å²) in [6.45, 7) is -0.130. The quantitative estimate of drug-likeness (QED) is 0.627. The molecule has 1 heterocycles. The van der Waals surface area contributed by atoms with E-state index >= 15 is 0 Å². The highest BCUT2D eigenvalue weighted by atomic mass is 19.3. The van der Waals surface area contributed by atoms with Gasteiger partial charge in [-0.2, -0.15) is 10.2 Å². The summed E-state index contributed by atoms with van der Waals surface area (Å²) in [6.07, 6.45) is -2.77. The number of azo groups is 1. The average Bonchev–Trinajstić information content (AvgIpc) is 2.32. The Hall–Kier alpha value is -1.33. The first-order valence-electron chi connectivity index (χ1n) is 2.81. The molecule has 0 atom stereocenters. The zero-order valence-corrected chi connectivity index (χ0v) is 5.42. The topological polar surface area (TPSA) is 67.8 Å². The van der Waals surface area contributed by atoms with E-state index in [1.165, 1.54) is 0 Å². The number of amides is 1. The molecule has 11 heavy (non-hydrogen) atoms. The number of carbonyl (C=O) groups excluding carboxylic acids is 1. The normalized spacial score (nSPS) is 16.6. The molecule has 6 heteroatoms. The predicted molar refractivity (Wildman–Crippen MR) is 31.9 cm³/mol. The molecule has 4 nitrogen and oxygen atoms in total. The van der Waals surface area contributed by atoms with Crippen LogP contribution in [-0.4, -0.2) is 18.9 Å². The third-order valence-corrected chi connectivity index (χ3v) is 1.22. The zero-order chi connectivity index (χ0) is 8.43. The molecule has 1 aliphatic rings. The van der Waals surface area contributed by atoms with Gasteiger partial charge in [-0.25, -0.2) is 8.78 Å². The van der Waals surface area contributed by atoms with Gasteiger partial charge in [-0.1, -0.05) is 0 Å². The molecule has 2 N–H and O–H groups in total. The van der Waals surface area contributed by atoms with Crippen molar-refractivity contribution in [1.82, 2.24) is 0 Å². The van der Waals surface area contributed by atoms with Crippen molar-refractivity contribution >= 4 is 5.91 Å². The first-order chi connectivity index (χ1) is 5.13. The average molecular weight is 161 g/mol. The highest BCUT2D eigenvalue weighted by molar-refractivity contribution is 5.93. The molecule has 0 aromatic carbocycles. The van der Waals surface area contributed by atoms with Gasteiger partial charge in [-0.15, -0.1) is 0 Å². The third kappa shape index (κ3) is 1.39. The lowest BCUT2D eigenvalue weighted by Gasteiger charge is -1.96. The monoisotopic (exact) mass is 161 g/mol. The Morgan fingerprint density at radius 2 is 2.27 bits per heavy atom. The van der Waals surface area contributed by atoms with Crippen LogP contribution in [0.5, 0.6) is 0 Å². The van der Waals surface area contributed by atoms with Crippen molar-refractivity contribution in [3.63, 3.8) is 0 Å². The van der Waals surface area contributed by atoms with Gasteiger partial charge in [0.05, 0.1) is 12.1 Å². The number of hydrogen-bond acceptors (Lipinski definition) is 3. The Morgan fingerprint density at radius 3 is 2.64 bits per heavy atom. The van der Waals surface area contributed by atoms with Crippen LogP contribution in [0.1, 0.15) is 0 Å². The first kappa shape index (κ1) is 7.77. The summed E-state index contributed by atoms with van der Waals surface area (Å²) < 4.78 is 23.9. The van der Waals surface area contributed by atoms with Crippen LogP contribution < -0.4 is 5.73 Å². The van der Waals surface area contributed by atoms with Crippen LogP contribution in [0.3, 0.4) is 0 Å². The number of rotatable bonds is 2. The molecule has 0 radical (unpaired) electrons. The molecule has 60 valence electrons. The summed E-state index contributed by atoms with van der Waals surface area (Å²) in [5.41, 5.74) is 3.98. The summed E-state index contributed by atoms with van der Waals surface area (Å²) in [4.78, 5) is 10.4. The van der Waals surface area contributed by atoms with Gasteiger partial charge in [0, 0.05) is 0 Å². The third-order valence-electron chi connectivity index (χ3n) is 1.22. The predicted octanol–water partition coefficient (Wildman–Crippen LogP) is 0.457. The van der Waals surface area contributed by atoms with Crippen LogP contribution >= 0.6 is 0 Å². The van der Waals surface area contributed by atoms with E-state index in [1.54, 1.807) is 0 Å². The van der Waals surface area contributed by atoms with Crippen molar-refractivity contribution in [2.75, 3.05) is 6.54 Å². The molecule has 0 saturated carbocycles. The lowest BCUT2D eigenvalue weighted by atomic mass is 10.2. The molecule has 1 rings (SSSR count). The van der Waals surface area contributed by atoms with E-state index < -0.39 is 18.0 Å². The number of carbonyl (C=O) groups is 1. The summed E-state index contributed by atoms with van der Waals surface area (Å²) >= 11 is 0. The lowest BCUT2D eigenvalue weighted by molar-refractivity contribution is -0.114. The minimum Gasteiger partial charge on any atom is -0.366 e. The van der Waals surface area contributed by atoms with Crippen LogP contribution in [0.4, 0.5) is 8.78 Å². The minimum atomic E-state index is -2.77. The van der Waals surface area contributed by atoms with Crippen LogP contribution in [0.15, 0.2) is 21.5 Å². The molecular weight excluding hydrogens is 156 g/mol. The van der Waals surface area contributed by atoms with Crippen LogP contribution in [-0.2, 0) is 4.79 Å². The smallest absolute Gasteiger partial charge is 0.282 e. The Morgan fingerprint density at radius 1 is 1.64 bits per heavy atom. The van der Waals surface area contributed by atoms with Crippen molar-refractivity contribution < 1.29 is 13.6 Å². The van der Waals surface area contributed by atoms with E-state index in [-0.39, 0.29) is 12.1 Å². The molecule has 0 bridgehead atoms. The van der Waals surface area contributed by atoms with Crippen molar-refractivity contribution in [2.45, 2.75) is 6.43 Å². The summed E-state index contributed by atoms with van der Waals surface area (Å²) in [6, 6.07) is 0. The number of halogens is 2. The fourth-order valence-electron chi connectivity index (χ4n) is 0.703. The highest BCUT2D eigenvalue weighted by Gasteiger charge is 2.23. The van der Waals surface area contributed by atoms with Crippen molar-refractivity contribution in [2.24, 2.45) is 16.0 Å². The van der Waals surface area contributed by atoms with E-state index in [2.05, 4.69) is 10.2 Å². The maximum absolute atomic E-state index is 11.9. The molecule has 0 aromatic heterocycles. The molecule has 1 amide bonds. The summed E-state index contributed by atoms with van der Waals surface area (Å²) in [7, 11) is 0. The second-order valence-corrected chi connectivity index (χ2v) is 1.93. The largest absolute Gasteiger partial charge is 0.366 e. The van der Waals surface area contributed by atoms with Gasteiger partial charge in [-0.05, 0) is 0 Å². The van der Waals surface area contributed by atoms with Crippen molar-refractivity contribution in [1.29, 1.82) is 0 Å². The maximum atomic E-state index is 11.9. The molecule has 0 aliphatic carbocycles. The number of nitrogens with zero attached hydrogens (tertiary/aromatic N) is 2. The lowest BCUT2D eigenvalue weighted by Crippen LogP contribution is -2.17. The second-order valence-electron chi connectivity index (χ2n) is 1.93. The van der Waals surface area contributed by atoms with E-state index in [0.717, 1.165) is 0 Å². The molecule has 0 fully saturated rings. The Labute approximate surface area is 60.8 Å². The van der Waals surface area contributed by atoms with Crippen molar-refractivity contribution in [3.8, 4) is 0 Å². The van der Waals surface area contributed by atoms with Gasteiger partial charge in [0.2, 0.25) is 5.91 Å². The van der Waals surface area contributed by atoms with Gasteiger partial charge < -0.3 is 5.73 Å². The van der Waals surface area contributed by atoms with Crippen LogP contribution in [0, 0.1) is 0 Å². The molecule has 0 saturated heterocycles. The fourth-order valence-corrected chi connectivity index (χ4v) is 0.703. The molecule has 0 aromatic rings. The van der Waals surface area contributed by atoms with Crippen molar-refractivity contribution in [3.05, 3.63) is 11.3 Å². The zero-order valence-electron chi connectivity index (χ0n) is 5.42. The summed E-state index contributed by atoms with van der Waals surface area (Å²) in [5, 5.41) is 6.35. The first-order valence-corrected chi connectivity index (χ1v) is 2.81. The second kappa shape index (κ2) is 2.73. The SMILES string of the molecule is NC(=O)C1=C(C(F)F)N=NC1. The van der Waals surface area contributed by atoms with E-state index in [4.69, 9.17) is 5.73 Å².